The zero-order chi connectivity index (χ0) is 20.6. The molecule has 0 saturated heterocycles. The van der Waals surface area contributed by atoms with Gasteiger partial charge in [0.15, 0.2) is 5.58 Å². The highest BCUT2D eigenvalue weighted by molar-refractivity contribution is 7.26. The second-order valence-corrected chi connectivity index (χ2v) is 11.0. The number of aryl methyl sites for hydroxylation is 1. The van der Waals surface area contributed by atoms with Gasteiger partial charge < -0.3 is 4.42 Å². The predicted molar refractivity (Wildman–Crippen MR) is 131 cm³/mol. The molecule has 0 saturated carbocycles. The summed E-state index contributed by atoms with van der Waals surface area (Å²) in [5.74, 6) is 0. The Morgan fingerprint density at radius 3 is 2.63 bits per heavy atom. The number of furan rings is 1. The molecule has 4 heterocycles. The van der Waals surface area contributed by atoms with E-state index in [0.717, 1.165) is 11.3 Å². The predicted octanol–water partition coefficient (Wildman–Crippen LogP) is 8.68. The molecule has 0 radical (unpaired) electrons. The first-order valence-corrected chi connectivity index (χ1v) is 11.8. The van der Waals surface area contributed by atoms with Crippen LogP contribution in [0.2, 0.25) is 0 Å². The summed E-state index contributed by atoms with van der Waals surface area (Å²) < 4.78 is 9.77. The van der Waals surface area contributed by atoms with Gasteiger partial charge in [-0.2, -0.15) is 0 Å². The number of nitrogens with zero attached hydrogens (tertiary/aromatic N) is 1. The van der Waals surface area contributed by atoms with Crippen molar-refractivity contribution >= 4 is 63.9 Å². The Morgan fingerprint density at radius 1 is 0.967 bits per heavy atom. The molecule has 2 nitrogen and oxygen atoms in total. The largest absolute Gasteiger partial charge is 0.463 e. The lowest BCUT2D eigenvalue weighted by atomic mass is 9.85. The maximum Gasteiger partial charge on any atom is 0.151 e. The van der Waals surface area contributed by atoms with E-state index in [2.05, 4.69) is 69.5 Å². The van der Waals surface area contributed by atoms with Gasteiger partial charge in [0.05, 0.1) is 16.7 Å². The zero-order valence-electron chi connectivity index (χ0n) is 17.4. The van der Waals surface area contributed by atoms with E-state index in [1.807, 2.05) is 23.8 Å². The Balaban J connectivity index is 1.72. The van der Waals surface area contributed by atoms with Gasteiger partial charge in [-0.15, -0.1) is 22.7 Å². The minimum Gasteiger partial charge on any atom is -0.463 e. The average Bonchev–Trinajstić information content (AvgIpc) is 3.42. The Hall–Kier alpha value is -2.69. The number of fused-ring (bicyclic) bond motifs is 6. The first-order valence-electron chi connectivity index (χ1n) is 10.1. The first-order chi connectivity index (χ1) is 14.4. The van der Waals surface area contributed by atoms with Gasteiger partial charge >= 0.3 is 0 Å². The van der Waals surface area contributed by atoms with Crippen LogP contribution in [0.25, 0.3) is 52.5 Å². The Labute approximate surface area is 182 Å². The molecule has 0 atom stereocenters. The molecule has 0 amide bonds. The fourth-order valence-corrected chi connectivity index (χ4v) is 6.69. The number of rotatable bonds is 1. The van der Waals surface area contributed by atoms with E-state index >= 15 is 0 Å². The molecule has 0 aliphatic carbocycles. The van der Waals surface area contributed by atoms with Gasteiger partial charge in [0.25, 0.3) is 0 Å². The molecule has 4 aromatic heterocycles. The number of aromatic nitrogens is 1. The molecule has 0 aliphatic heterocycles. The van der Waals surface area contributed by atoms with Crippen LogP contribution in [0.4, 0.5) is 0 Å². The molecular formula is C26H21NOS2. The Morgan fingerprint density at radius 2 is 1.80 bits per heavy atom. The van der Waals surface area contributed by atoms with Gasteiger partial charge in [-0.25, -0.2) is 0 Å². The van der Waals surface area contributed by atoms with Gasteiger partial charge in [-0.3, -0.25) is 4.98 Å². The van der Waals surface area contributed by atoms with Gasteiger partial charge in [-0.1, -0.05) is 32.9 Å². The van der Waals surface area contributed by atoms with E-state index < -0.39 is 0 Å². The molecule has 0 fully saturated rings. The second-order valence-electron chi connectivity index (χ2n) is 8.99. The summed E-state index contributed by atoms with van der Waals surface area (Å²) in [6, 6.07) is 13.4. The van der Waals surface area contributed by atoms with Gasteiger partial charge in [0.1, 0.15) is 0 Å². The molecule has 0 spiro atoms. The molecule has 0 N–H and O–H groups in total. The summed E-state index contributed by atoms with van der Waals surface area (Å²) in [4.78, 5) is 4.88. The lowest BCUT2D eigenvalue weighted by molar-refractivity contribution is 0.597. The topological polar surface area (TPSA) is 26.0 Å². The van der Waals surface area contributed by atoms with Crippen LogP contribution in [0.5, 0.6) is 0 Å². The molecule has 2 aromatic carbocycles. The maximum absolute atomic E-state index is 5.94. The minimum atomic E-state index is 0.0710. The van der Waals surface area contributed by atoms with Crippen molar-refractivity contribution in [1.29, 1.82) is 0 Å². The molecular weight excluding hydrogens is 406 g/mol. The molecule has 6 aromatic rings. The highest BCUT2D eigenvalue weighted by Crippen LogP contribution is 2.44. The zero-order valence-corrected chi connectivity index (χ0v) is 19.0. The molecule has 4 heteroatoms. The Bertz CT molecular complexity index is 1590. The van der Waals surface area contributed by atoms with Crippen molar-refractivity contribution in [2.75, 3.05) is 0 Å². The molecule has 30 heavy (non-hydrogen) atoms. The van der Waals surface area contributed by atoms with Crippen molar-refractivity contribution in [3.63, 3.8) is 0 Å². The fourth-order valence-electron chi connectivity index (χ4n) is 4.39. The first kappa shape index (κ1) is 18.1. The van der Waals surface area contributed by atoms with Crippen LogP contribution in [0.1, 0.15) is 31.9 Å². The van der Waals surface area contributed by atoms with E-state index in [1.165, 1.54) is 52.3 Å². The van der Waals surface area contributed by atoms with E-state index in [0.29, 0.717) is 0 Å². The van der Waals surface area contributed by atoms with Crippen molar-refractivity contribution in [3.8, 4) is 11.3 Å². The average molecular weight is 428 g/mol. The van der Waals surface area contributed by atoms with Crippen molar-refractivity contribution in [1.82, 2.24) is 4.98 Å². The van der Waals surface area contributed by atoms with Crippen molar-refractivity contribution < 1.29 is 4.42 Å². The van der Waals surface area contributed by atoms with Crippen LogP contribution >= 0.6 is 22.7 Å². The van der Waals surface area contributed by atoms with Gasteiger partial charge in [0, 0.05) is 37.3 Å². The van der Waals surface area contributed by atoms with E-state index in [9.17, 15) is 0 Å². The number of hydrogen-bond acceptors (Lipinski definition) is 4. The van der Waals surface area contributed by atoms with Crippen LogP contribution in [-0.4, -0.2) is 4.98 Å². The number of hydrogen-bond donors (Lipinski definition) is 0. The maximum atomic E-state index is 5.94. The van der Waals surface area contributed by atoms with Crippen molar-refractivity contribution in [2.24, 2.45) is 0 Å². The summed E-state index contributed by atoms with van der Waals surface area (Å²) in [5, 5.41) is 7.13. The van der Waals surface area contributed by atoms with Crippen LogP contribution in [-0.2, 0) is 5.41 Å². The summed E-state index contributed by atoms with van der Waals surface area (Å²) in [6.07, 6.45) is 3.79. The smallest absolute Gasteiger partial charge is 0.151 e. The van der Waals surface area contributed by atoms with Crippen molar-refractivity contribution in [3.05, 3.63) is 65.4 Å². The SMILES string of the molecule is Cc1coc2c1ccc1c2sc2ccnc(-c3cc(C(C)(C)C)c4sccc4c3)c21. The molecule has 0 bridgehead atoms. The van der Waals surface area contributed by atoms with Crippen LogP contribution < -0.4 is 0 Å². The summed E-state index contributed by atoms with van der Waals surface area (Å²) in [7, 11) is 0. The normalized spacial score (nSPS) is 12.7. The quantitative estimate of drug-likeness (QED) is 0.262. The number of pyridine rings is 1. The van der Waals surface area contributed by atoms with Crippen LogP contribution in [0.15, 0.2) is 58.7 Å². The molecule has 0 unspecified atom stereocenters. The monoisotopic (exact) mass is 427 g/mol. The van der Waals surface area contributed by atoms with E-state index in [1.54, 1.807) is 11.3 Å². The summed E-state index contributed by atoms with van der Waals surface area (Å²) in [5.41, 5.74) is 5.86. The van der Waals surface area contributed by atoms with E-state index in [-0.39, 0.29) is 5.41 Å². The van der Waals surface area contributed by atoms with Crippen LogP contribution in [0, 0.1) is 6.92 Å². The highest BCUT2D eigenvalue weighted by atomic mass is 32.1. The molecule has 6 rings (SSSR count). The standard InChI is InChI=1S/C26H21NOS2/c1-14-13-28-23-17(14)5-6-18-21-20(30-25(18)23)7-9-27-22(21)16-11-15-8-10-29-24(15)19(12-16)26(2,3)4/h5-13H,1-4H3. The Kier molecular flexibility index (Phi) is 3.72. The highest BCUT2D eigenvalue weighted by Gasteiger charge is 2.21. The minimum absolute atomic E-state index is 0.0710. The fraction of sp³-hybridized carbons (Fsp3) is 0.192. The van der Waals surface area contributed by atoms with Gasteiger partial charge in [-0.05, 0) is 58.5 Å². The van der Waals surface area contributed by atoms with Gasteiger partial charge in [0.2, 0.25) is 0 Å². The summed E-state index contributed by atoms with van der Waals surface area (Å²) in [6.45, 7) is 8.96. The third-order valence-electron chi connectivity index (χ3n) is 5.92. The van der Waals surface area contributed by atoms with Crippen molar-refractivity contribution in [2.45, 2.75) is 33.1 Å². The lowest BCUT2D eigenvalue weighted by Crippen LogP contribution is -2.11. The summed E-state index contributed by atoms with van der Waals surface area (Å²) >= 11 is 3.62. The third kappa shape index (κ3) is 2.50. The molecule has 148 valence electrons. The van der Waals surface area contributed by atoms with E-state index in [4.69, 9.17) is 9.40 Å². The lowest BCUT2D eigenvalue weighted by Gasteiger charge is -2.21. The number of benzene rings is 2. The van der Waals surface area contributed by atoms with Crippen LogP contribution in [0.3, 0.4) is 0 Å². The number of thiophene rings is 2. The molecule has 0 aliphatic rings. The second kappa shape index (κ2) is 6.16. The third-order valence-corrected chi connectivity index (χ3v) is 8.05.